The Bertz CT molecular complexity index is 504. The number of likely N-dealkylation sites (tertiary alicyclic amines) is 1. The van der Waals surface area contributed by atoms with Crippen molar-refractivity contribution in [2.75, 3.05) is 33.0 Å². The highest BCUT2D eigenvalue weighted by Crippen LogP contribution is 2.29. The lowest BCUT2D eigenvalue weighted by molar-refractivity contribution is -0.0439. The van der Waals surface area contributed by atoms with E-state index < -0.39 is 0 Å². The van der Waals surface area contributed by atoms with Crippen LogP contribution in [0.5, 0.6) is 5.75 Å². The molecule has 1 atom stereocenters. The van der Waals surface area contributed by atoms with Crippen LogP contribution < -0.4 is 10.5 Å². The third kappa shape index (κ3) is 2.72. The molecule has 0 aliphatic carbocycles. The number of carbonyl (C=O) groups is 1. The molecule has 1 heterocycles. The molecule has 0 radical (unpaired) electrons. The standard InChI is InChI=1S/C15H22N2O3/c1-15(20-3)8-5-9-17(10-15)14(18)11-6-4-7-12(19-2)13(11)16/h4,6-7H,5,8-10,16H2,1-3H3. The maximum absolute atomic E-state index is 12.6. The van der Waals surface area contributed by atoms with Crippen molar-refractivity contribution in [1.82, 2.24) is 4.90 Å². The van der Waals surface area contributed by atoms with Gasteiger partial charge in [-0.2, -0.15) is 0 Å². The molecule has 1 amide bonds. The van der Waals surface area contributed by atoms with Gasteiger partial charge in [0.2, 0.25) is 0 Å². The zero-order valence-electron chi connectivity index (χ0n) is 12.3. The summed E-state index contributed by atoms with van der Waals surface area (Å²) in [5.41, 5.74) is 6.61. The van der Waals surface area contributed by atoms with Gasteiger partial charge in [0.25, 0.3) is 5.91 Å². The summed E-state index contributed by atoms with van der Waals surface area (Å²) in [5, 5.41) is 0. The zero-order valence-corrected chi connectivity index (χ0v) is 12.3. The van der Waals surface area contributed by atoms with Gasteiger partial charge in [-0.15, -0.1) is 0 Å². The lowest BCUT2D eigenvalue weighted by atomic mass is 9.94. The van der Waals surface area contributed by atoms with Crippen LogP contribution in [0.1, 0.15) is 30.1 Å². The molecule has 2 rings (SSSR count). The Morgan fingerprint density at radius 2 is 2.15 bits per heavy atom. The van der Waals surface area contributed by atoms with Crippen LogP contribution in [0.4, 0.5) is 5.69 Å². The number of para-hydroxylation sites is 1. The van der Waals surface area contributed by atoms with Gasteiger partial charge >= 0.3 is 0 Å². The molecule has 1 aliphatic heterocycles. The number of anilines is 1. The summed E-state index contributed by atoms with van der Waals surface area (Å²) < 4.78 is 10.7. The van der Waals surface area contributed by atoms with Crippen molar-refractivity contribution in [3.63, 3.8) is 0 Å². The van der Waals surface area contributed by atoms with Crippen molar-refractivity contribution in [2.24, 2.45) is 0 Å². The van der Waals surface area contributed by atoms with E-state index in [9.17, 15) is 4.79 Å². The molecule has 1 aromatic rings. The van der Waals surface area contributed by atoms with Crippen LogP contribution in [0.3, 0.4) is 0 Å². The molecule has 1 unspecified atom stereocenters. The number of ether oxygens (including phenoxy) is 2. The Hall–Kier alpha value is -1.75. The number of methoxy groups -OCH3 is 2. The first-order valence-electron chi connectivity index (χ1n) is 6.77. The molecule has 0 saturated carbocycles. The summed E-state index contributed by atoms with van der Waals surface area (Å²) in [4.78, 5) is 14.4. The average Bonchev–Trinajstić information content (AvgIpc) is 2.47. The van der Waals surface area contributed by atoms with Gasteiger partial charge in [-0.3, -0.25) is 4.79 Å². The minimum absolute atomic E-state index is 0.0654. The van der Waals surface area contributed by atoms with Gasteiger partial charge in [-0.1, -0.05) is 6.07 Å². The fourth-order valence-electron chi connectivity index (χ4n) is 2.62. The van der Waals surface area contributed by atoms with E-state index in [1.165, 1.54) is 0 Å². The fraction of sp³-hybridized carbons (Fsp3) is 0.533. The van der Waals surface area contributed by atoms with Crippen LogP contribution in [0.2, 0.25) is 0 Å². The van der Waals surface area contributed by atoms with Gasteiger partial charge in [0.15, 0.2) is 0 Å². The summed E-state index contributed by atoms with van der Waals surface area (Å²) in [5.74, 6) is 0.465. The number of amides is 1. The summed E-state index contributed by atoms with van der Waals surface area (Å²) in [6.45, 7) is 3.34. The van der Waals surface area contributed by atoms with Gasteiger partial charge in [0, 0.05) is 20.2 Å². The Balaban J connectivity index is 2.23. The topological polar surface area (TPSA) is 64.8 Å². The minimum Gasteiger partial charge on any atom is -0.495 e. The quantitative estimate of drug-likeness (QED) is 0.858. The van der Waals surface area contributed by atoms with E-state index in [0.717, 1.165) is 19.4 Å². The molecule has 5 nitrogen and oxygen atoms in total. The highest BCUT2D eigenvalue weighted by Gasteiger charge is 2.33. The van der Waals surface area contributed by atoms with E-state index in [-0.39, 0.29) is 11.5 Å². The van der Waals surface area contributed by atoms with Crippen molar-refractivity contribution < 1.29 is 14.3 Å². The third-order valence-electron chi connectivity index (χ3n) is 3.96. The number of hydrogen-bond acceptors (Lipinski definition) is 4. The maximum atomic E-state index is 12.6. The summed E-state index contributed by atoms with van der Waals surface area (Å²) in [6.07, 6.45) is 1.89. The highest BCUT2D eigenvalue weighted by molar-refractivity contribution is 6.00. The van der Waals surface area contributed by atoms with Gasteiger partial charge in [-0.05, 0) is 31.9 Å². The number of nitrogen functional groups attached to an aromatic ring is 1. The first-order valence-corrected chi connectivity index (χ1v) is 6.77. The molecule has 1 aliphatic rings. The number of benzene rings is 1. The van der Waals surface area contributed by atoms with Gasteiger partial charge < -0.3 is 20.1 Å². The Morgan fingerprint density at radius 1 is 1.40 bits per heavy atom. The van der Waals surface area contributed by atoms with E-state index >= 15 is 0 Å². The zero-order chi connectivity index (χ0) is 14.8. The first kappa shape index (κ1) is 14.7. The minimum atomic E-state index is -0.276. The molecule has 20 heavy (non-hydrogen) atoms. The number of nitrogens with two attached hydrogens (primary N) is 1. The molecule has 1 fully saturated rings. The molecule has 1 saturated heterocycles. The molecule has 2 N–H and O–H groups in total. The van der Waals surface area contributed by atoms with Crippen molar-refractivity contribution in [1.29, 1.82) is 0 Å². The second kappa shape index (κ2) is 5.71. The number of carbonyl (C=O) groups excluding carboxylic acids is 1. The number of nitrogens with zero attached hydrogens (tertiary/aromatic N) is 1. The number of hydrogen-bond donors (Lipinski definition) is 1. The molecule has 5 heteroatoms. The van der Waals surface area contributed by atoms with E-state index in [2.05, 4.69) is 0 Å². The second-order valence-electron chi connectivity index (χ2n) is 5.41. The lowest BCUT2D eigenvalue weighted by Gasteiger charge is -2.39. The van der Waals surface area contributed by atoms with Crippen molar-refractivity contribution in [2.45, 2.75) is 25.4 Å². The van der Waals surface area contributed by atoms with Crippen LogP contribution >= 0.6 is 0 Å². The lowest BCUT2D eigenvalue weighted by Crippen LogP contribution is -2.49. The maximum Gasteiger partial charge on any atom is 0.256 e. The van der Waals surface area contributed by atoms with Gasteiger partial charge in [-0.25, -0.2) is 0 Å². The van der Waals surface area contributed by atoms with Gasteiger partial charge in [0.1, 0.15) is 5.75 Å². The summed E-state index contributed by atoms with van der Waals surface area (Å²) in [7, 11) is 3.23. The second-order valence-corrected chi connectivity index (χ2v) is 5.41. The van der Waals surface area contributed by atoms with E-state index in [4.69, 9.17) is 15.2 Å². The molecule has 110 valence electrons. The molecule has 0 aromatic heterocycles. The third-order valence-corrected chi connectivity index (χ3v) is 3.96. The Labute approximate surface area is 119 Å². The normalized spacial score (nSPS) is 22.6. The van der Waals surface area contributed by atoms with Crippen LogP contribution in [-0.2, 0) is 4.74 Å². The predicted octanol–water partition coefficient (Wildman–Crippen LogP) is 1.92. The molecule has 0 spiro atoms. The molecular formula is C15H22N2O3. The smallest absolute Gasteiger partial charge is 0.256 e. The van der Waals surface area contributed by atoms with Crippen molar-refractivity contribution >= 4 is 11.6 Å². The molecule has 0 bridgehead atoms. The molecule has 1 aromatic carbocycles. The average molecular weight is 278 g/mol. The first-order chi connectivity index (χ1) is 9.50. The predicted molar refractivity (Wildman–Crippen MR) is 78.0 cm³/mol. The Morgan fingerprint density at radius 3 is 2.80 bits per heavy atom. The van der Waals surface area contributed by atoms with Crippen molar-refractivity contribution in [3.8, 4) is 5.75 Å². The van der Waals surface area contributed by atoms with Crippen LogP contribution in [0.25, 0.3) is 0 Å². The highest BCUT2D eigenvalue weighted by atomic mass is 16.5. The van der Waals surface area contributed by atoms with Crippen LogP contribution in [-0.4, -0.2) is 43.7 Å². The van der Waals surface area contributed by atoms with Crippen molar-refractivity contribution in [3.05, 3.63) is 23.8 Å². The number of piperidine rings is 1. The Kier molecular flexibility index (Phi) is 4.18. The molecular weight excluding hydrogens is 256 g/mol. The SMILES string of the molecule is COc1cccc(C(=O)N2CCCC(C)(OC)C2)c1N. The van der Waals surface area contributed by atoms with Crippen LogP contribution in [0, 0.1) is 0 Å². The van der Waals surface area contributed by atoms with Gasteiger partial charge in [0.05, 0.1) is 24.0 Å². The monoisotopic (exact) mass is 278 g/mol. The summed E-state index contributed by atoms with van der Waals surface area (Å²) >= 11 is 0. The van der Waals surface area contributed by atoms with E-state index in [1.54, 1.807) is 37.3 Å². The number of rotatable bonds is 3. The fourth-order valence-corrected chi connectivity index (χ4v) is 2.62. The van der Waals surface area contributed by atoms with E-state index in [1.807, 2.05) is 6.92 Å². The van der Waals surface area contributed by atoms with E-state index in [0.29, 0.717) is 23.5 Å². The summed E-state index contributed by atoms with van der Waals surface area (Å²) in [6, 6.07) is 5.27. The van der Waals surface area contributed by atoms with Crippen LogP contribution in [0.15, 0.2) is 18.2 Å². The largest absolute Gasteiger partial charge is 0.495 e.